The summed E-state index contributed by atoms with van der Waals surface area (Å²) >= 11 is 0. The molecule has 0 rings (SSSR count). The smallest absolute Gasteiger partial charge is 0.335 e. The maximum atomic E-state index is 9.61. The van der Waals surface area contributed by atoms with Crippen LogP contribution in [0.15, 0.2) is 0 Å². The fourth-order valence-corrected chi connectivity index (χ4v) is 0. The van der Waals surface area contributed by atoms with Crippen LogP contribution in [0.25, 0.3) is 0 Å². The van der Waals surface area contributed by atoms with Crippen LogP contribution < -0.4 is 0 Å². The Morgan fingerprint density at radius 3 is 2.00 bits per heavy atom. The van der Waals surface area contributed by atoms with Crippen LogP contribution in [-0.2, 0) is 4.79 Å². The highest BCUT2D eigenvalue weighted by Gasteiger charge is 1.91. The van der Waals surface area contributed by atoms with Crippen LogP contribution in [0.4, 0.5) is 0 Å². The molecule has 0 aromatic heterocycles. The van der Waals surface area contributed by atoms with Crippen molar-refractivity contribution in [3.63, 3.8) is 0 Å². The second-order valence-electron chi connectivity index (χ2n) is 0.930. The van der Waals surface area contributed by atoms with Crippen molar-refractivity contribution >= 4 is 20.1 Å². The minimum Gasteiger partial charge on any atom is -0.478 e. The van der Waals surface area contributed by atoms with E-state index in [-0.39, 0.29) is 5.29 Å². The van der Waals surface area contributed by atoms with Gasteiger partial charge in [0.05, 0.1) is 5.29 Å². The molecule has 0 fully saturated rings. The van der Waals surface area contributed by atoms with E-state index in [4.69, 9.17) is 5.11 Å². The van der Waals surface area contributed by atoms with Gasteiger partial charge in [0.2, 0.25) is 0 Å². The molecule has 0 saturated heterocycles. The van der Waals surface area contributed by atoms with E-state index in [1.165, 1.54) is 6.92 Å². The molecule has 0 atom stereocenters. The Morgan fingerprint density at radius 2 is 2.00 bits per heavy atom. The largest absolute Gasteiger partial charge is 0.478 e. The molecule has 0 aromatic rings. The zero-order chi connectivity index (χ0) is 5.15. The minimum atomic E-state index is -0.910. The van der Waals surface area contributed by atoms with Crippen LogP contribution in [0, 0.1) is 0 Å². The molecule has 0 spiro atoms. The van der Waals surface area contributed by atoms with Gasteiger partial charge in [-0.25, -0.2) is 4.79 Å². The SMILES string of the molecule is CC(=P)C(=O)O. The van der Waals surface area contributed by atoms with E-state index < -0.39 is 5.97 Å². The summed E-state index contributed by atoms with van der Waals surface area (Å²) in [4.78, 5) is 9.61. The van der Waals surface area contributed by atoms with Crippen molar-refractivity contribution < 1.29 is 9.90 Å². The monoisotopic (exact) mass is 104 g/mol. The lowest BCUT2D eigenvalue weighted by Gasteiger charge is -1.78. The van der Waals surface area contributed by atoms with Crippen molar-refractivity contribution in [3.8, 4) is 0 Å². The fraction of sp³-hybridized carbons (Fsp3) is 0.333. The summed E-state index contributed by atoms with van der Waals surface area (Å²) in [5, 5.41) is 8.14. The lowest BCUT2D eigenvalue weighted by Crippen LogP contribution is -2.02. The van der Waals surface area contributed by atoms with Gasteiger partial charge in [-0.3, -0.25) is 0 Å². The normalized spacial score (nSPS) is 7.50. The summed E-state index contributed by atoms with van der Waals surface area (Å²) in [5.74, 6) is -0.910. The molecule has 0 aliphatic heterocycles. The fourth-order valence-electron chi connectivity index (χ4n) is 0. The molecule has 2 nitrogen and oxygen atoms in total. The van der Waals surface area contributed by atoms with Gasteiger partial charge < -0.3 is 5.11 Å². The molecule has 34 valence electrons. The Labute approximate surface area is 38.0 Å². The second-order valence-corrected chi connectivity index (χ2v) is 1.68. The van der Waals surface area contributed by atoms with E-state index in [9.17, 15) is 4.79 Å². The standard InChI is InChI=1S/C3H5O2P/c1-2(6)3(4)5/h6H,1H3,(H,4,5). The molecule has 0 saturated carbocycles. The summed E-state index contributed by atoms with van der Waals surface area (Å²) in [7, 11) is 2.80. The maximum Gasteiger partial charge on any atom is 0.335 e. The first-order chi connectivity index (χ1) is 2.64. The van der Waals surface area contributed by atoms with Crippen molar-refractivity contribution in [3.05, 3.63) is 0 Å². The molecule has 0 radical (unpaired) electrons. The summed E-state index contributed by atoms with van der Waals surface area (Å²) in [6.07, 6.45) is 0. The van der Waals surface area contributed by atoms with E-state index in [0.717, 1.165) is 0 Å². The minimum absolute atomic E-state index is 0.231. The van der Waals surface area contributed by atoms with Gasteiger partial charge in [-0.05, 0) is 6.92 Å². The third kappa shape index (κ3) is 1.91. The van der Waals surface area contributed by atoms with E-state index in [1.807, 2.05) is 0 Å². The van der Waals surface area contributed by atoms with Gasteiger partial charge in [-0.15, -0.1) is 8.86 Å². The summed E-state index contributed by atoms with van der Waals surface area (Å²) in [6, 6.07) is 0. The van der Waals surface area contributed by atoms with Gasteiger partial charge >= 0.3 is 5.97 Å². The van der Waals surface area contributed by atoms with Crippen molar-refractivity contribution in [1.29, 1.82) is 0 Å². The first-order valence-electron chi connectivity index (χ1n) is 1.43. The van der Waals surface area contributed by atoms with Gasteiger partial charge in [0.15, 0.2) is 0 Å². The Kier molecular flexibility index (Phi) is 1.82. The predicted molar refractivity (Wildman–Crippen MR) is 26.6 cm³/mol. The lowest BCUT2D eigenvalue weighted by molar-refractivity contribution is -0.129. The molecule has 0 aliphatic carbocycles. The zero-order valence-corrected chi connectivity index (χ0v) is 4.36. The molecule has 1 N–H and O–H groups in total. The lowest BCUT2D eigenvalue weighted by atomic mass is 10.5. The number of hydrogen-bond donors (Lipinski definition) is 1. The first kappa shape index (κ1) is 5.64. The first-order valence-corrected chi connectivity index (χ1v) is 1.93. The molecule has 3 heteroatoms. The molecule has 0 aromatic carbocycles. The van der Waals surface area contributed by atoms with Gasteiger partial charge in [-0.2, -0.15) is 0 Å². The number of carbonyl (C=O) groups is 1. The molecule has 0 bridgehead atoms. The number of hydrogen-bond acceptors (Lipinski definition) is 1. The van der Waals surface area contributed by atoms with Crippen molar-refractivity contribution in [1.82, 2.24) is 0 Å². The van der Waals surface area contributed by atoms with Crippen molar-refractivity contribution in [2.45, 2.75) is 6.92 Å². The molecule has 0 amide bonds. The van der Waals surface area contributed by atoms with Crippen LogP contribution in [0.5, 0.6) is 0 Å². The number of carboxylic acid groups (broad SMARTS) is 1. The molecular formula is C3H5O2P. The molecule has 0 aliphatic rings. The Bertz CT molecular complexity index is 74.8. The Hall–Kier alpha value is -0.360. The predicted octanol–water partition coefficient (Wildman–Crippen LogP) is 0.406. The number of rotatable bonds is 1. The van der Waals surface area contributed by atoms with E-state index in [2.05, 4.69) is 8.86 Å². The van der Waals surface area contributed by atoms with E-state index in [0.29, 0.717) is 0 Å². The van der Waals surface area contributed by atoms with Gasteiger partial charge in [-0.1, -0.05) is 0 Å². The van der Waals surface area contributed by atoms with Crippen molar-refractivity contribution in [2.24, 2.45) is 0 Å². The molecule has 0 heterocycles. The average Bonchev–Trinajstić information content (AvgIpc) is 1.36. The summed E-state index contributed by atoms with van der Waals surface area (Å²) < 4.78 is 0. The summed E-state index contributed by atoms with van der Waals surface area (Å²) in [6.45, 7) is 1.47. The molecule has 6 heavy (non-hydrogen) atoms. The van der Waals surface area contributed by atoms with Crippen LogP contribution in [0.1, 0.15) is 6.92 Å². The van der Waals surface area contributed by atoms with Crippen molar-refractivity contribution in [2.75, 3.05) is 0 Å². The quantitative estimate of drug-likeness (QED) is 0.489. The Balaban J connectivity index is 3.57. The Morgan fingerprint density at radius 1 is 1.83 bits per heavy atom. The van der Waals surface area contributed by atoms with Gasteiger partial charge in [0.25, 0.3) is 0 Å². The highest BCUT2D eigenvalue weighted by Crippen LogP contribution is 1.73. The van der Waals surface area contributed by atoms with Crippen LogP contribution >= 0.6 is 8.86 Å². The average molecular weight is 104 g/mol. The highest BCUT2D eigenvalue weighted by molar-refractivity contribution is 7.25. The maximum absolute atomic E-state index is 9.61. The third-order valence-electron chi connectivity index (χ3n) is 0.321. The number of aliphatic carboxylic acids is 1. The number of carboxylic acids is 1. The van der Waals surface area contributed by atoms with E-state index >= 15 is 0 Å². The van der Waals surface area contributed by atoms with E-state index in [1.54, 1.807) is 0 Å². The molecule has 0 unspecified atom stereocenters. The topological polar surface area (TPSA) is 37.3 Å². The van der Waals surface area contributed by atoms with Crippen LogP contribution in [0.2, 0.25) is 0 Å². The summed E-state index contributed by atoms with van der Waals surface area (Å²) in [5.41, 5.74) is 0. The van der Waals surface area contributed by atoms with Gasteiger partial charge in [0, 0.05) is 0 Å². The van der Waals surface area contributed by atoms with Crippen LogP contribution in [0.3, 0.4) is 0 Å². The van der Waals surface area contributed by atoms with Crippen LogP contribution in [-0.4, -0.2) is 16.4 Å². The second kappa shape index (κ2) is 1.93. The highest BCUT2D eigenvalue weighted by atomic mass is 31.0. The van der Waals surface area contributed by atoms with Gasteiger partial charge in [0.1, 0.15) is 0 Å². The zero-order valence-electron chi connectivity index (χ0n) is 3.36. The molecular weight excluding hydrogens is 99.0 g/mol. The third-order valence-corrected chi connectivity index (χ3v) is 0.535.